The zero-order valence-electron chi connectivity index (χ0n) is 41.2. The van der Waals surface area contributed by atoms with Gasteiger partial charge in [0.1, 0.15) is 37.0 Å². The normalized spacial score (nSPS) is 13.1. The Morgan fingerprint density at radius 1 is 0.681 bits per heavy atom. The molecule has 15 nitrogen and oxygen atoms in total. The van der Waals surface area contributed by atoms with Crippen LogP contribution in [0.4, 0.5) is 0 Å². The summed E-state index contributed by atoms with van der Waals surface area (Å²) in [5.41, 5.74) is 5.31. The van der Waals surface area contributed by atoms with E-state index < -0.39 is 39.6 Å². The molecule has 0 bridgehead atoms. The predicted octanol–water partition coefficient (Wildman–Crippen LogP) is 7.38. The van der Waals surface area contributed by atoms with Gasteiger partial charge in [0.05, 0.1) is 6.42 Å². The minimum absolute atomic E-state index is 0. The summed E-state index contributed by atoms with van der Waals surface area (Å²) in [6, 6.07) is 11.5. The number of amides is 3. The molecule has 3 N–H and O–H groups in total. The molecule has 3 rings (SSSR count). The Kier molecular flexibility index (Phi) is 43.4. The number of pyridine rings is 2. The standard InChI is InChI=1S/C22H36N2O2S2.C19H24N2O8S3.C7H17N.Na/c1-2-3-4-7-11-17-23-21(26)14-9-6-5-8-13-20(25)16-19-27-28-22-15-10-12-18-24-22;22-14(10-12-30-31-16-8-5-6-11-20-16)7-3-1-2-4-9-18(24)29-21-17(23)13-15(19(21)25)32(26,27)28;1-2-3-4-5-6-7-8;/h10,12,15,18H,2-9,11,13-14,16-17,19H2,1H3,(H,23,26);5-6,8,11,15H,1-4,7,9-10,12-13H2,(H,26,27,28);2-8H2,1H3;/q;;;+1/p-1. The number of carbonyl (C=O) groups is 6. The Bertz CT molecular complexity index is 1800. The molecular formula is C48H76N5NaO10S5. The van der Waals surface area contributed by atoms with Crippen molar-refractivity contribution >= 4 is 88.6 Å². The molecule has 0 aromatic carbocycles. The number of Topliss-reactive ketones (excluding diaryl/α,β-unsaturated/α-hetero) is 2. The molecule has 3 amide bonds. The van der Waals surface area contributed by atoms with E-state index in [0.29, 0.717) is 62.9 Å². The molecule has 0 saturated carbocycles. The summed E-state index contributed by atoms with van der Waals surface area (Å²) in [7, 11) is 1.43. The maximum absolute atomic E-state index is 11.9. The number of unbranched alkanes of at least 4 members (excludes halogenated alkanes) is 14. The summed E-state index contributed by atoms with van der Waals surface area (Å²) in [6.07, 6.45) is 24.6. The van der Waals surface area contributed by atoms with E-state index in [1.54, 1.807) is 44.8 Å². The van der Waals surface area contributed by atoms with E-state index in [0.717, 1.165) is 67.4 Å². The number of ketones is 2. The Balaban J connectivity index is 0.00000115. The summed E-state index contributed by atoms with van der Waals surface area (Å²) < 4.78 is 32.8. The third-order valence-electron chi connectivity index (χ3n) is 10.2. The van der Waals surface area contributed by atoms with Gasteiger partial charge in [0.15, 0.2) is 0 Å². The van der Waals surface area contributed by atoms with E-state index >= 15 is 0 Å². The first kappa shape index (κ1) is 67.0. The number of hydroxylamine groups is 2. The summed E-state index contributed by atoms with van der Waals surface area (Å²) in [4.78, 5) is 83.8. The van der Waals surface area contributed by atoms with Gasteiger partial charge in [-0.2, -0.15) is 0 Å². The van der Waals surface area contributed by atoms with Crippen LogP contribution in [0.15, 0.2) is 58.8 Å². The average molecular weight is 1070 g/mol. The number of imide groups is 1. The first-order valence-electron chi connectivity index (χ1n) is 24.3. The zero-order chi connectivity index (χ0) is 50.1. The van der Waals surface area contributed by atoms with E-state index in [2.05, 4.69) is 34.0 Å². The fraction of sp³-hybridized carbons (Fsp3) is 0.667. The summed E-state index contributed by atoms with van der Waals surface area (Å²) in [5, 5.41) is 2.91. The molecule has 1 aliphatic rings. The van der Waals surface area contributed by atoms with Crippen LogP contribution in [0.25, 0.3) is 0 Å². The Morgan fingerprint density at radius 3 is 1.59 bits per heavy atom. The average Bonchev–Trinajstić information content (AvgIpc) is 3.61. The van der Waals surface area contributed by atoms with Crippen molar-refractivity contribution in [1.29, 1.82) is 0 Å². The van der Waals surface area contributed by atoms with Crippen LogP contribution in [0.5, 0.6) is 0 Å². The maximum atomic E-state index is 11.9. The van der Waals surface area contributed by atoms with Crippen LogP contribution in [0, 0.1) is 0 Å². The number of nitrogens with zero attached hydrogens (tertiary/aromatic N) is 3. The van der Waals surface area contributed by atoms with E-state index in [4.69, 9.17) is 5.73 Å². The molecule has 1 saturated heterocycles. The number of hydrogen-bond acceptors (Lipinski definition) is 17. The first-order valence-corrected chi connectivity index (χ1v) is 30.4. The van der Waals surface area contributed by atoms with Crippen molar-refractivity contribution in [3.63, 3.8) is 0 Å². The number of carbonyl (C=O) groups excluding carboxylic acids is 6. The van der Waals surface area contributed by atoms with Crippen LogP contribution in [-0.2, 0) is 43.7 Å². The van der Waals surface area contributed by atoms with Crippen LogP contribution in [0.2, 0.25) is 0 Å². The third-order valence-corrected chi connectivity index (χ3v) is 15.8. The summed E-state index contributed by atoms with van der Waals surface area (Å²) >= 11 is 0. The molecule has 2 aromatic heterocycles. The fourth-order valence-electron chi connectivity index (χ4n) is 6.31. The summed E-state index contributed by atoms with van der Waals surface area (Å²) in [5.74, 6) is -1.02. The molecule has 1 unspecified atom stereocenters. The molecule has 69 heavy (non-hydrogen) atoms. The van der Waals surface area contributed by atoms with Crippen molar-refractivity contribution in [1.82, 2.24) is 20.3 Å². The largest absolute Gasteiger partial charge is 1.00 e. The van der Waals surface area contributed by atoms with E-state index in [-0.39, 0.29) is 52.7 Å². The van der Waals surface area contributed by atoms with Crippen molar-refractivity contribution in [2.45, 2.75) is 190 Å². The molecular weight excluding hydrogens is 990 g/mol. The minimum atomic E-state index is -4.99. The second-order valence-corrected chi connectivity index (χ2v) is 22.6. The maximum Gasteiger partial charge on any atom is 1.00 e. The van der Waals surface area contributed by atoms with Crippen molar-refractivity contribution in [3.05, 3.63) is 48.8 Å². The Morgan fingerprint density at radius 2 is 1.14 bits per heavy atom. The third kappa shape index (κ3) is 37.4. The molecule has 384 valence electrons. The second-order valence-electron chi connectivity index (χ2n) is 16.2. The molecule has 0 radical (unpaired) electrons. The number of hydrogen-bond donors (Lipinski definition) is 2. The number of nitrogens with two attached hydrogens (primary N) is 1. The fourth-order valence-corrected chi connectivity index (χ4v) is 10.8. The molecule has 1 fully saturated rings. The van der Waals surface area contributed by atoms with Crippen LogP contribution in [-0.4, -0.2) is 93.1 Å². The molecule has 2 aromatic rings. The van der Waals surface area contributed by atoms with Crippen molar-refractivity contribution in [2.75, 3.05) is 24.6 Å². The van der Waals surface area contributed by atoms with Gasteiger partial charge in [0.2, 0.25) is 5.91 Å². The monoisotopic (exact) mass is 1070 g/mol. The molecule has 21 heteroatoms. The zero-order valence-corrected chi connectivity index (χ0v) is 47.3. The first-order chi connectivity index (χ1) is 32.8. The molecule has 3 heterocycles. The number of rotatable bonds is 37. The van der Waals surface area contributed by atoms with Gasteiger partial charge >= 0.3 is 35.5 Å². The van der Waals surface area contributed by atoms with Gasteiger partial charge in [0, 0.05) is 69.0 Å². The SMILES string of the molecule is CCCCCCCN.CCCCCCCNC(=O)CCCCCCC(=O)CCSSc1ccccn1.O=C(CCCCCCC(=O)ON1C(=O)CC(S(=O)(=O)[O-])C1=O)CCSSc1ccccn1.[Na+]. The number of nitrogens with one attached hydrogen (secondary N) is 1. The van der Waals surface area contributed by atoms with Gasteiger partial charge in [-0.05, 0) is 90.9 Å². The summed E-state index contributed by atoms with van der Waals surface area (Å²) in [6.45, 7) is 6.11. The predicted molar refractivity (Wildman–Crippen MR) is 275 cm³/mol. The van der Waals surface area contributed by atoms with Crippen LogP contribution in [0.3, 0.4) is 0 Å². The van der Waals surface area contributed by atoms with Gasteiger partial charge in [-0.15, -0.1) is 5.06 Å². The molecule has 0 spiro atoms. The van der Waals surface area contributed by atoms with Gasteiger partial charge in [-0.25, -0.2) is 23.2 Å². The van der Waals surface area contributed by atoms with E-state index in [9.17, 15) is 41.7 Å². The van der Waals surface area contributed by atoms with Crippen molar-refractivity contribution < 1.29 is 76.1 Å². The van der Waals surface area contributed by atoms with Crippen LogP contribution < -0.4 is 40.6 Å². The van der Waals surface area contributed by atoms with Gasteiger partial charge in [0.25, 0.3) is 11.8 Å². The van der Waals surface area contributed by atoms with Crippen LogP contribution >= 0.6 is 43.2 Å². The molecule has 1 aliphatic heterocycles. The second kappa shape index (κ2) is 44.7. The van der Waals surface area contributed by atoms with Gasteiger partial charge in [-0.3, -0.25) is 24.0 Å². The quantitative estimate of drug-likeness (QED) is 0.0221. The van der Waals surface area contributed by atoms with Crippen molar-refractivity contribution in [2.24, 2.45) is 5.73 Å². The van der Waals surface area contributed by atoms with Crippen LogP contribution in [0.1, 0.15) is 174 Å². The molecule has 1 atom stereocenters. The Labute approximate surface area is 450 Å². The van der Waals surface area contributed by atoms with Gasteiger partial charge < -0.3 is 20.4 Å². The minimum Gasteiger partial charge on any atom is -0.747 e. The van der Waals surface area contributed by atoms with E-state index in [1.165, 1.54) is 68.6 Å². The topological polar surface area (TPSA) is 236 Å². The van der Waals surface area contributed by atoms with Crippen molar-refractivity contribution in [3.8, 4) is 0 Å². The smallest absolute Gasteiger partial charge is 0.747 e. The number of aromatic nitrogens is 2. The van der Waals surface area contributed by atoms with Gasteiger partial charge in [-0.1, -0.05) is 125 Å². The Hall–Kier alpha value is -2.01. The molecule has 0 aliphatic carbocycles. The van der Waals surface area contributed by atoms with E-state index in [1.807, 2.05) is 36.4 Å².